The maximum Gasteiger partial charge on any atom is 0.326 e. The summed E-state index contributed by atoms with van der Waals surface area (Å²) < 4.78 is 0. The molecule has 4 heteroatoms. The minimum atomic E-state index is -0.855. The van der Waals surface area contributed by atoms with Gasteiger partial charge in [-0.15, -0.1) is 0 Å². The van der Waals surface area contributed by atoms with Crippen LogP contribution in [0.15, 0.2) is 0 Å². The van der Waals surface area contributed by atoms with Crippen LogP contribution in [0, 0.1) is 5.92 Å². The van der Waals surface area contributed by atoms with Crippen molar-refractivity contribution in [2.45, 2.75) is 31.7 Å². The van der Waals surface area contributed by atoms with E-state index in [1.165, 1.54) is 0 Å². The Hall–Kier alpha value is -1.06. The van der Waals surface area contributed by atoms with Gasteiger partial charge < -0.3 is 10.0 Å². The Morgan fingerprint density at radius 3 is 2.46 bits per heavy atom. The fourth-order valence-electron chi connectivity index (χ4n) is 1.85. The number of carbonyl (C=O) groups is 2. The standard InChI is InChI=1S/C9H13NO3/c11-8(6-3-4-6)10-5-1-2-7(10)9(12)13/h6-7H,1-5H2,(H,12,13). The van der Waals surface area contributed by atoms with Crippen molar-refractivity contribution in [2.24, 2.45) is 5.92 Å². The van der Waals surface area contributed by atoms with Crippen LogP contribution in [-0.4, -0.2) is 34.5 Å². The van der Waals surface area contributed by atoms with Crippen molar-refractivity contribution in [1.82, 2.24) is 4.90 Å². The number of carboxylic acid groups (broad SMARTS) is 1. The van der Waals surface area contributed by atoms with Crippen LogP contribution in [0.5, 0.6) is 0 Å². The Morgan fingerprint density at radius 1 is 1.23 bits per heavy atom. The third-order valence-corrected chi connectivity index (χ3v) is 2.75. The molecule has 1 saturated heterocycles. The van der Waals surface area contributed by atoms with Crippen LogP contribution in [0.2, 0.25) is 0 Å². The van der Waals surface area contributed by atoms with Crippen molar-refractivity contribution in [1.29, 1.82) is 0 Å². The molecule has 2 rings (SSSR count). The summed E-state index contributed by atoms with van der Waals surface area (Å²) in [6, 6.07) is -0.548. The Kier molecular flexibility index (Phi) is 1.98. The molecule has 2 aliphatic rings. The van der Waals surface area contributed by atoms with E-state index in [1.54, 1.807) is 4.90 Å². The number of likely N-dealkylation sites (tertiary alicyclic amines) is 1. The van der Waals surface area contributed by atoms with Gasteiger partial charge in [0.15, 0.2) is 0 Å². The number of hydrogen-bond acceptors (Lipinski definition) is 2. The molecule has 1 saturated carbocycles. The van der Waals surface area contributed by atoms with Gasteiger partial charge in [-0.1, -0.05) is 0 Å². The third-order valence-electron chi connectivity index (χ3n) is 2.75. The highest BCUT2D eigenvalue weighted by atomic mass is 16.4. The molecule has 1 atom stereocenters. The van der Waals surface area contributed by atoms with Gasteiger partial charge in [-0.3, -0.25) is 4.79 Å². The van der Waals surface area contributed by atoms with Crippen LogP contribution >= 0.6 is 0 Å². The van der Waals surface area contributed by atoms with E-state index in [-0.39, 0.29) is 11.8 Å². The first-order valence-corrected chi connectivity index (χ1v) is 4.73. The second-order valence-electron chi connectivity index (χ2n) is 3.80. The minimum Gasteiger partial charge on any atom is -0.480 e. The molecular weight excluding hydrogens is 170 g/mol. The van der Waals surface area contributed by atoms with E-state index in [0.29, 0.717) is 13.0 Å². The van der Waals surface area contributed by atoms with E-state index >= 15 is 0 Å². The van der Waals surface area contributed by atoms with Crippen molar-refractivity contribution < 1.29 is 14.7 Å². The average Bonchev–Trinajstić information content (AvgIpc) is 2.80. The summed E-state index contributed by atoms with van der Waals surface area (Å²) in [5.41, 5.74) is 0. The smallest absolute Gasteiger partial charge is 0.326 e. The molecule has 1 unspecified atom stereocenters. The molecule has 1 aliphatic heterocycles. The number of nitrogens with zero attached hydrogens (tertiary/aromatic N) is 1. The summed E-state index contributed by atoms with van der Waals surface area (Å²) in [4.78, 5) is 23.9. The second-order valence-corrected chi connectivity index (χ2v) is 3.80. The fourth-order valence-corrected chi connectivity index (χ4v) is 1.85. The highest BCUT2D eigenvalue weighted by Gasteiger charge is 2.40. The third kappa shape index (κ3) is 1.53. The number of aliphatic carboxylic acids is 1. The largest absolute Gasteiger partial charge is 0.480 e. The number of carbonyl (C=O) groups excluding carboxylic acids is 1. The van der Waals surface area contributed by atoms with Gasteiger partial charge in [-0.05, 0) is 25.7 Å². The van der Waals surface area contributed by atoms with E-state index in [1.807, 2.05) is 0 Å². The first kappa shape index (κ1) is 8.53. The zero-order valence-corrected chi connectivity index (χ0v) is 7.40. The lowest BCUT2D eigenvalue weighted by Gasteiger charge is -2.20. The number of hydrogen-bond donors (Lipinski definition) is 1. The lowest BCUT2D eigenvalue weighted by molar-refractivity contribution is -0.148. The summed E-state index contributed by atoms with van der Waals surface area (Å²) >= 11 is 0. The molecular formula is C9H13NO3. The lowest BCUT2D eigenvalue weighted by Crippen LogP contribution is -2.41. The van der Waals surface area contributed by atoms with Crippen LogP contribution in [0.25, 0.3) is 0 Å². The van der Waals surface area contributed by atoms with Gasteiger partial charge in [-0.25, -0.2) is 4.79 Å². The van der Waals surface area contributed by atoms with Gasteiger partial charge in [0, 0.05) is 12.5 Å². The van der Waals surface area contributed by atoms with Gasteiger partial charge >= 0.3 is 5.97 Å². The zero-order valence-electron chi connectivity index (χ0n) is 7.40. The topological polar surface area (TPSA) is 57.6 Å². The minimum absolute atomic E-state index is 0.0601. The molecule has 2 fully saturated rings. The average molecular weight is 183 g/mol. The maximum atomic E-state index is 11.6. The Bertz CT molecular complexity index is 247. The number of rotatable bonds is 2. The fraction of sp³-hybridized carbons (Fsp3) is 0.778. The van der Waals surface area contributed by atoms with Crippen molar-refractivity contribution in [3.63, 3.8) is 0 Å². The quantitative estimate of drug-likeness (QED) is 0.677. The van der Waals surface area contributed by atoms with Crippen LogP contribution < -0.4 is 0 Å². The number of amides is 1. The molecule has 0 aromatic carbocycles. The molecule has 0 spiro atoms. The Morgan fingerprint density at radius 2 is 1.92 bits per heavy atom. The molecule has 1 aliphatic carbocycles. The SMILES string of the molecule is O=C(O)C1CCCN1C(=O)C1CC1. The summed E-state index contributed by atoms with van der Waals surface area (Å²) in [7, 11) is 0. The molecule has 0 aromatic rings. The normalized spacial score (nSPS) is 27.7. The lowest BCUT2D eigenvalue weighted by atomic mass is 10.2. The first-order chi connectivity index (χ1) is 6.20. The van der Waals surface area contributed by atoms with Crippen molar-refractivity contribution in [2.75, 3.05) is 6.54 Å². The summed E-state index contributed by atoms with van der Waals surface area (Å²) in [6.45, 7) is 0.631. The summed E-state index contributed by atoms with van der Waals surface area (Å²) in [6.07, 6.45) is 3.34. The van der Waals surface area contributed by atoms with Crippen LogP contribution in [0.4, 0.5) is 0 Å². The van der Waals surface area contributed by atoms with E-state index in [2.05, 4.69) is 0 Å². The molecule has 0 bridgehead atoms. The van der Waals surface area contributed by atoms with Gasteiger partial charge in [-0.2, -0.15) is 0 Å². The van der Waals surface area contributed by atoms with Gasteiger partial charge in [0.05, 0.1) is 0 Å². The van der Waals surface area contributed by atoms with Crippen LogP contribution in [0.3, 0.4) is 0 Å². The van der Waals surface area contributed by atoms with Crippen molar-refractivity contribution >= 4 is 11.9 Å². The molecule has 72 valence electrons. The Labute approximate surface area is 76.5 Å². The van der Waals surface area contributed by atoms with Crippen LogP contribution in [-0.2, 0) is 9.59 Å². The van der Waals surface area contributed by atoms with E-state index in [9.17, 15) is 9.59 Å². The van der Waals surface area contributed by atoms with Crippen molar-refractivity contribution in [3.8, 4) is 0 Å². The molecule has 0 aromatic heterocycles. The van der Waals surface area contributed by atoms with E-state index in [4.69, 9.17) is 5.11 Å². The van der Waals surface area contributed by atoms with Gasteiger partial charge in [0.1, 0.15) is 6.04 Å². The molecule has 4 nitrogen and oxygen atoms in total. The predicted octanol–water partition coefficient (Wildman–Crippen LogP) is 0.472. The zero-order chi connectivity index (χ0) is 9.42. The molecule has 1 amide bonds. The van der Waals surface area contributed by atoms with Crippen molar-refractivity contribution in [3.05, 3.63) is 0 Å². The first-order valence-electron chi connectivity index (χ1n) is 4.73. The summed E-state index contributed by atoms with van der Waals surface area (Å²) in [5, 5.41) is 8.84. The maximum absolute atomic E-state index is 11.6. The number of carboxylic acids is 1. The molecule has 1 N–H and O–H groups in total. The highest BCUT2D eigenvalue weighted by molar-refractivity contribution is 5.86. The monoisotopic (exact) mass is 183 g/mol. The van der Waals surface area contributed by atoms with Gasteiger partial charge in [0.2, 0.25) is 5.91 Å². The highest BCUT2D eigenvalue weighted by Crippen LogP contribution is 2.33. The van der Waals surface area contributed by atoms with Gasteiger partial charge in [0.25, 0.3) is 0 Å². The van der Waals surface area contributed by atoms with E-state index in [0.717, 1.165) is 19.3 Å². The predicted molar refractivity (Wildman–Crippen MR) is 45.1 cm³/mol. The second kappa shape index (κ2) is 3.01. The molecule has 13 heavy (non-hydrogen) atoms. The Balaban J connectivity index is 2.03. The van der Waals surface area contributed by atoms with E-state index < -0.39 is 12.0 Å². The summed E-state index contributed by atoms with van der Waals surface area (Å²) in [5.74, 6) is -0.656. The molecule has 1 heterocycles. The molecule has 0 radical (unpaired) electrons. The van der Waals surface area contributed by atoms with Crippen LogP contribution in [0.1, 0.15) is 25.7 Å².